The minimum absolute atomic E-state index is 0.0555. The molecular formula is C20H21FN4O. The van der Waals surface area contributed by atoms with Gasteiger partial charge in [-0.2, -0.15) is 0 Å². The van der Waals surface area contributed by atoms with Gasteiger partial charge < -0.3 is 15.3 Å². The van der Waals surface area contributed by atoms with Gasteiger partial charge >= 0.3 is 0 Å². The van der Waals surface area contributed by atoms with E-state index < -0.39 is 6.17 Å². The molecular weight excluding hydrogens is 331 g/mol. The summed E-state index contributed by atoms with van der Waals surface area (Å²) in [5.41, 5.74) is 1.71. The average molecular weight is 352 g/mol. The monoisotopic (exact) mass is 352 g/mol. The van der Waals surface area contributed by atoms with Crippen LogP contribution in [0.25, 0.3) is 11.3 Å². The summed E-state index contributed by atoms with van der Waals surface area (Å²) in [7, 11) is 1.87. The van der Waals surface area contributed by atoms with Crippen LogP contribution in [0.5, 0.6) is 5.75 Å². The van der Waals surface area contributed by atoms with Gasteiger partial charge in [-0.15, -0.1) is 16.6 Å². The topological polar surface area (TPSA) is 61.3 Å². The van der Waals surface area contributed by atoms with Crippen LogP contribution in [0.1, 0.15) is 24.8 Å². The lowest BCUT2D eigenvalue weighted by Gasteiger charge is -2.38. The molecule has 0 radical (unpaired) electrons. The number of terminal acetylenes is 1. The summed E-state index contributed by atoms with van der Waals surface area (Å²) in [6.07, 6.45) is 7.12. The van der Waals surface area contributed by atoms with Crippen molar-refractivity contribution in [3.8, 4) is 29.4 Å². The normalized spacial score (nSPS) is 27.1. The number of anilines is 1. The van der Waals surface area contributed by atoms with E-state index in [2.05, 4.69) is 21.4 Å². The second kappa shape index (κ2) is 6.58. The number of piperidine rings is 1. The Morgan fingerprint density at radius 1 is 1.27 bits per heavy atom. The van der Waals surface area contributed by atoms with Gasteiger partial charge in [-0.3, -0.25) is 0 Å². The fraction of sp³-hybridized carbons (Fsp3) is 0.400. The number of halogens is 1. The van der Waals surface area contributed by atoms with E-state index in [0.29, 0.717) is 28.7 Å². The van der Waals surface area contributed by atoms with Crippen LogP contribution in [-0.2, 0) is 0 Å². The van der Waals surface area contributed by atoms with Crippen LogP contribution in [0.3, 0.4) is 0 Å². The number of hydrogen-bond acceptors (Lipinski definition) is 5. The van der Waals surface area contributed by atoms with E-state index in [1.807, 2.05) is 18.0 Å². The van der Waals surface area contributed by atoms with Crippen molar-refractivity contribution in [1.29, 1.82) is 0 Å². The van der Waals surface area contributed by atoms with Gasteiger partial charge in [-0.1, -0.05) is 5.92 Å². The van der Waals surface area contributed by atoms with Gasteiger partial charge in [0.1, 0.15) is 11.9 Å². The molecule has 2 aliphatic rings. The number of aromatic hydroxyl groups is 1. The molecule has 2 saturated heterocycles. The standard InChI is InChI=1S/C20H21FN4O/c1-3-12-4-6-14(18(26)10-12)15-8-9-19(24-23-15)25(2)17-11-13-5-7-16(22-13)20(17)21/h1,4,6,8-10,13,16-17,20,22,26H,5,7,11H2,2H3/t13?,16?,17-,20+/m0/s1. The maximum atomic E-state index is 14.7. The lowest BCUT2D eigenvalue weighted by molar-refractivity contribution is 0.176. The number of phenols is 1. The predicted molar refractivity (Wildman–Crippen MR) is 98.7 cm³/mol. The van der Waals surface area contributed by atoms with Gasteiger partial charge in [-0.05, 0) is 49.6 Å². The van der Waals surface area contributed by atoms with Gasteiger partial charge in [0.05, 0.1) is 11.7 Å². The number of fused-ring (bicyclic) bond motifs is 2. The van der Waals surface area contributed by atoms with E-state index in [-0.39, 0.29) is 17.8 Å². The second-order valence-electron chi connectivity index (χ2n) is 7.06. The molecule has 5 nitrogen and oxygen atoms in total. The van der Waals surface area contributed by atoms with Crippen LogP contribution in [0.15, 0.2) is 30.3 Å². The molecule has 2 aromatic rings. The van der Waals surface area contributed by atoms with Crippen LogP contribution >= 0.6 is 0 Å². The molecule has 1 aromatic carbocycles. The quantitative estimate of drug-likeness (QED) is 0.831. The summed E-state index contributed by atoms with van der Waals surface area (Å²) in [5.74, 6) is 3.17. The fourth-order valence-electron chi connectivity index (χ4n) is 4.01. The maximum absolute atomic E-state index is 14.7. The number of benzene rings is 1. The fourth-order valence-corrected chi connectivity index (χ4v) is 4.01. The van der Waals surface area contributed by atoms with Crippen molar-refractivity contribution in [3.63, 3.8) is 0 Å². The van der Waals surface area contributed by atoms with Gasteiger partial charge in [0.15, 0.2) is 5.82 Å². The van der Waals surface area contributed by atoms with E-state index in [9.17, 15) is 9.50 Å². The van der Waals surface area contributed by atoms with Gasteiger partial charge in [0.2, 0.25) is 0 Å². The predicted octanol–water partition coefficient (Wildman–Crippen LogP) is 2.50. The Labute approximate surface area is 152 Å². The number of nitrogens with zero attached hydrogens (tertiary/aromatic N) is 3. The Kier molecular flexibility index (Phi) is 4.25. The summed E-state index contributed by atoms with van der Waals surface area (Å²) in [6.45, 7) is 0. The molecule has 26 heavy (non-hydrogen) atoms. The molecule has 1 aromatic heterocycles. The van der Waals surface area contributed by atoms with E-state index in [1.54, 1.807) is 18.2 Å². The number of phenolic OH excluding ortho intramolecular Hbond substituents is 1. The molecule has 134 valence electrons. The summed E-state index contributed by atoms with van der Waals surface area (Å²) in [5, 5.41) is 21.9. The SMILES string of the molecule is C#Cc1ccc(-c2ccc(N(C)[C@H]3CC4CCC(N4)[C@H]3F)nn2)c(O)c1. The van der Waals surface area contributed by atoms with Crippen molar-refractivity contribution in [2.24, 2.45) is 0 Å². The minimum Gasteiger partial charge on any atom is -0.507 e. The summed E-state index contributed by atoms with van der Waals surface area (Å²) in [6, 6.07) is 8.72. The first-order chi connectivity index (χ1) is 12.6. The highest BCUT2D eigenvalue weighted by atomic mass is 19.1. The third-order valence-corrected chi connectivity index (χ3v) is 5.50. The minimum atomic E-state index is -0.916. The second-order valence-corrected chi connectivity index (χ2v) is 7.06. The van der Waals surface area contributed by atoms with Gasteiger partial charge in [0.25, 0.3) is 0 Å². The average Bonchev–Trinajstić information content (AvgIpc) is 3.08. The number of hydrogen-bond donors (Lipinski definition) is 2. The molecule has 2 bridgehead atoms. The van der Waals surface area contributed by atoms with Crippen LogP contribution in [0.2, 0.25) is 0 Å². The van der Waals surface area contributed by atoms with Crippen LogP contribution in [-0.4, -0.2) is 46.6 Å². The molecule has 6 heteroatoms. The Bertz CT molecular complexity index is 848. The van der Waals surface area contributed by atoms with Crippen molar-refractivity contribution in [2.45, 2.75) is 43.6 Å². The van der Waals surface area contributed by atoms with Crippen molar-refractivity contribution >= 4 is 5.82 Å². The lowest BCUT2D eigenvalue weighted by atomic mass is 9.96. The molecule has 2 unspecified atom stereocenters. The maximum Gasteiger partial charge on any atom is 0.151 e. The number of alkyl halides is 1. The summed E-state index contributed by atoms with van der Waals surface area (Å²) >= 11 is 0. The van der Waals surface area contributed by atoms with Crippen molar-refractivity contribution in [3.05, 3.63) is 35.9 Å². The third-order valence-electron chi connectivity index (χ3n) is 5.50. The van der Waals surface area contributed by atoms with Crippen LogP contribution in [0.4, 0.5) is 10.2 Å². The zero-order valence-electron chi connectivity index (χ0n) is 14.6. The Balaban J connectivity index is 1.55. The molecule has 0 aliphatic carbocycles. The van der Waals surface area contributed by atoms with Crippen molar-refractivity contribution in [1.82, 2.24) is 15.5 Å². The smallest absolute Gasteiger partial charge is 0.151 e. The molecule has 2 fully saturated rings. The Hall–Kier alpha value is -2.65. The van der Waals surface area contributed by atoms with Gasteiger partial charge in [0, 0.05) is 30.3 Å². The van der Waals surface area contributed by atoms with E-state index >= 15 is 0 Å². The third kappa shape index (κ3) is 2.89. The lowest BCUT2D eigenvalue weighted by Crippen LogP contribution is -2.55. The number of aromatic nitrogens is 2. The highest BCUT2D eigenvalue weighted by Crippen LogP contribution is 2.34. The van der Waals surface area contributed by atoms with Crippen LogP contribution in [0, 0.1) is 12.3 Å². The molecule has 4 atom stereocenters. The molecule has 0 saturated carbocycles. The summed E-state index contributed by atoms with van der Waals surface area (Å²) < 4.78 is 14.7. The zero-order valence-corrected chi connectivity index (χ0v) is 14.6. The van der Waals surface area contributed by atoms with Crippen LogP contribution < -0.4 is 10.2 Å². The molecule has 0 spiro atoms. The van der Waals surface area contributed by atoms with E-state index in [1.165, 1.54) is 6.07 Å². The highest BCUT2D eigenvalue weighted by molar-refractivity contribution is 5.68. The Morgan fingerprint density at radius 2 is 2.12 bits per heavy atom. The van der Waals surface area contributed by atoms with Gasteiger partial charge in [-0.25, -0.2) is 4.39 Å². The Morgan fingerprint density at radius 3 is 2.81 bits per heavy atom. The first-order valence-electron chi connectivity index (χ1n) is 8.83. The highest BCUT2D eigenvalue weighted by Gasteiger charge is 2.43. The first-order valence-corrected chi connectivity index (χ1v) is 8.83. The molecule has 2 aliphatic heterocycles. The zero-order chi connectivity index (χ0) is 18.3. The largest absolute Gasteiger partial charge is 0.507 e. The van der Waals surface area contributed by atoms with Crippen molar-refractivity contribution in [2.75, 3.05) is 11.9 Å². The van der Waals surface area contributed by atoms with E-state index in [4.69, 9.17) is 6.42 Å². The van der Waals surface area contributed by atoms with E-state index in [0.717, 1.165) is 19.3 Å². The molecule has 0 amide bonds. The first kappa shape index (κ1) is 16.8. The molecule has 2 N–H and O–H groups in total. The van der Waals surface area contributed by atoms with Crippen molar-refractivity contribution < 1.29 is 9.50 Å². The number of rotatable bonds is 3. The number of nitrogens with one attached hydrogen (secondary N) is 1. The summed E-state index contributed by atoms with van der Waals surface area (Å²) in [4.78, 5) is 1.88. The molecule has 4 rings (SSSR count). The molecule has 3 heterocycles.